The third-order valence-corrected chi connectivity index (χ3v) is 8.64. The highest BCUT2D eigenvalue weighted by Gasteiger charge is 2.51. The molecule has 5 aromatic carbocycles. The first-order chi connectivity index (χ1) is 19.3. The van der Waals surface area contributed by atoms with Crippen LogP contribution in [0, 0.1) is 0 Å². The molecule has 0 unspecified atom stereocenters. The molecular formula is C36H32BNO2. The van der Waals surface area contributed by atoms with Gasteiger partial charge in [0.05, 0.1) is 11.2 Å². The number of hydrogen-bond acceptors (Lipinski definition) is 2. The fourth-order valence-electron chi connectivity index (χ4n) is 5.63. The summed E-state index contributed by atoms with van der Waals surface area (Å²) in [6, 6.07) is 41.2. The second-order valence-corrected chi connectivity index (χ2v) is 11.8. The maximum Gasteiger partial charge on any atom is 0.494 e. The third-order valence-electron chi connectivity index (χ3n) is 8.64. The molecule has 0 spiro atoms. The molecule has 0 aliphatic carbocycles. The summed E-state index contributed by atoms with van der Waals surface area (Å²) in [7, 11) is -0.376. The monoisotopic (exact) mass is 521 g/mol. The SMILES string of the molecule is CC1(C)OB(c2cccc(-c3cccc(-c4cccc(-c5ccc6c(c5)[nH]c5ccccc56)c4)c3)c2)OC1(C)C. The van der Waals surface area contributed by atoms with E-state index in [0.717, 1.165) is 16.5 Å². The van der Waals surface area contributed by atoms with E-state index in [0.29, 0.717) is 0 Å². The quantitative estimate of drug-likeness (QED) is 0.236. The Labute approximate surface area is 235 Å². The van der Waals surface area contributed by atoms with Crippen molar-refractivity contribution >= 4 is 34.4 Å². The number of benzene rings is 5. The van der Waals surface area contributed by atoms with Crippen LogP contribution >= 0.6 is 0 Å². The van der Waals surface area contributed by atoms with Crippen molar-refractivity contribution in [3.63, 3.8) is 0 Å². The second kappa shape index (κ2) is 9.23. The molecule has 0 atom stereocenters. The highest BCUT2D eigenvalue weighted by atomic mass is 16.7. The lowest BCUT2D eigenvalue weighted by Gasteiger charge is -2.32. The van der Waals surface area contributed by atoms with E-state index in [2.05, 4.69) is 148 Å². The largest absolute Gasteiger partial charge is 0.494 e. The molecule has 0 radical (unpaired) electrons. The Morgan fingerprint density at radius 2 is 0.975 bits per heavy atom. The zero-order valence-corrected chi connectivity index (χ0v) is 23.4. The molecule has 3 nitrogen and oxygen atoms in total. The van der Waals surface area contributed by atoms with Crippen molar-refractivity contribution in [2.24, 2.45) is 0 Å². The molecule has 1 fully saturated rings. The van der Waals surface area contributed by atoms with Crippen LogP contribution in [-0.4, -0.2) is 23.3 Å². The highest BCUT2D eigenvalue weighted by molar-refractivity contribution is 6.62. The van der Waals surface area contributed by atoms with Gasteiger partial charge in [-0.15, -0.1) is 0 Å². The molecule has 1 aromatic heterocycles. The van der Waals surface area contributed by atoms with Gasteiger partial charge in [0, 0.05) is 21.8 Å². The van der Waals surface area contributed by atoms with Crippen molar-refractivity contribution in [1.82, 2.24) is 4.98 Å². The Hall–Kier alpha value is -4.12. The van der Waals surface area contributed by atoms with E-state index in [9.17, 15) is 0 Å². The molecule has 1 aliphatic rings. The van der Waals surface area contributed by atoms with E-state index in [4.69, 9.17) is 9.31 Å². The van der Waals surface area contributed by atoms with Crippen molar-refractivity contribution in [2.75, 3.05) is 0 Å². The fourth-order valence-corrected chi connectivity index (χ4v) is 5.63. The van der Waals surface area contributed by atoms with Crippen LogP contribution < -0.4 is 5.46 Å². The minimum absolute atomic E-state index is 0.364. The molecule has 0 bridgehead atoms. The standard InChI is InChI=1S/C36H32BNO2/c1-35(2)36(3,4)40-37(39-35)30-15-9-14-28(22-30)26-12-7-10-24(20-26)25-11-8-13-27(21-25)29-18-19-32-31-16-5-6-17-33(31)38-34(32)23-29/h5-23,38H,1-4H3. The van der Waals surface area contributed by atoms with Crippen LogP contribution in [0.25, 0.3) is 55.2 Å². The first-order valence-corrected chi connectivity index (χ1v) is 13.9. The molecule has 0 saturated carbocycles. The van der Waals surface area contributed by atoms with Crippen molar-refractivity contribution in [2.45, 2.75) is 38.9 Å². The van der Waals surface area contributed by atoms with Crippen LogP contribution in [0.15, 0.2) is 115 Å². The van der Waals surface area contributed by atoms with Gasteiger partial charge < -0.3 is 14.3 Å². The zero-order valence-electron chi connectivity index (χ0n) is 23.4. The van der Waals surface area contributed by atoms with E-state index >= 15 is 0 Å². The molecule has 2 heterocycles. The summed E-state index contributed by atoms with van der Waals surface area (Å²) >= 11 is 0. The number of H-pyrrole nitrogens is 1. The van der Waals surface area contributed by atoms with Crippen molar-refractivity contribution in [1.29, 1.82) is 0 Å². The van der Waals surface area contributed by atoms with Crippen molar-refractivity contribution in [3.8, 4) is 33.4 Å². The van der Waals surface area contributed by atoms with Crippen LogP contribution in [0.1, 0.15) is 27.7 Å². The smallest absolute Gasteiger partial charge is 0.399 e. The number of rotatable bonds is 4. The number of hydrogen-bond donors (Lipinski definition) is 1. The summed E-state index contributed by atoms with van der Waals surface area (Å²) in [5.41, 5.74) is 9.74. The van der Waals surface area contributed by atoms with E-state index in [1.165, 1.54) is 44.1 Å². The van der Waals surface area contributed by atoms with E-state index in [1.807, 2.05) is 0 Å². The van der Waals surface area contributed by atoms with Gasteiger partial charge in [0.1, 0.15) is 0 Å². The van der Waals surface area contributed by atoms with Gasteiger partial charge in [-0.2, -0.15) is 0 Å². The summed E-state index contributed by atoms with van der Waals surface area (Å²) < 4.78 is 12.6. The molecule has 1 aliphatic heterocycles. The normalized spacial score (nSPS) is 16.1. The first kappa shape index (κ1) is 24.9. The molecule has 0 amide bonds. The van der Waals surface area contributed by atoms with Crippen molar-refractivity contribution < 1.29 is 9.31 Å². The summed E-state index contributed by atoms with van der Waals surface area (Å²) in [4.78, 5) is 3.58. The maximum absolute atomic E-state index is 6.31. The number of fused-ring (bicyclic) bond motifs is 3. The van der Waals surface area contributed by atoms with Gasteiger partial charge in [-0.1, -0.05) is 91.0 Å². The minimum atomic E-state index is -0.376. The van der Waals surface area contributed by atoms with Gasteiger partial charge in [-0.25, -0.2) is 0 Å². The lowest BCUT2D eigenvalue weighted by atomic mass is 9.78. The maximum atomic E-state index is 6.31. The van der Waals surface area contributed by atoms with Crippen LogP contribution in [0.3, 0.4) is 0 Å². The molecule has 1 N–H and O–H groups in total. The number of aromatic amines is 1. The average Bonchev–Trinajstić information content (AvgIpc) is 3.45. The fraction of sp³-hybridized carbons (Fsp3) is 0.167. The van der Waals surface area contributed by atoms with Crippen LogP contribution in [0.5, 0.6) is 0 Å². The molecule has 1 saturated heterocycles. The molecule has 7 rings (SSSR count). The molecule has 196 valence electrons. The Morgan fingerprint density at radius 3 is 1.60 bits per heavy atom. The highest BCUT2D eigenvalue weighted by Crippen LogP contribution is 2.37. The minimum Gasteiger partial charge on any atom is -0.399 e. The predicted molar refractivity (Wildman–Crippen MR) is 168 cm³/mol. The van der Waals surface area contributed by atoms with Gasteiger partial charge in [-0.05, 0) is 90.8 Å². The lowest BCUT2D eigenvalue weighted by Crippen LogP contribution is -2.41. The Kier molecular flexibility index (Phi) is 5.74. The van der Waals surface area contributed by atoms with Crippen LogP contribution in [-0.2, 0) is 9.31 Å². The number of nitrogens with one attached hydrogen (secondary N) is 1. The van der Waals surface area contributed by atoms with Crippen LogP contribution in [0.4, 0.5) is 0 Å². The molecular weight excluding hydrogens is 489 g/mol. The van der Waals surface area contributed by atoms with Gasteiger partial charge in [0.15, 0.2) is 0 Å². The number of para-hydroxylation sites is 1. The second-order valence-electron chi connectivity index (χ2n) is 11.8. The third kappa shape index (κ3) is 4.25. The summed E-state index contributed by atoms with van der Waals surface area (Å²) in [5, 5.41) is 2.52. The average molecular weight is 521 g/mol. The van der Waals surface area contributed by atoms with Gasteiger partial charge in [0.25, 0.3) is 0 Å². The van der Waals surface area contributed by atoms with Gasteiger partial charge in [0.2, 0.25) is 0 Å². The van der Waals surface area contributed by atoms with E-state index in [1.54, 1.807) is 0 Å². The number of aromatic nitrogens is 1. The van der Waals surface area contributed by atoms with Gasteiger partial charge in [-0.3, -0.25) is 0 Å². The first-order valence-electron chi connectivity index (χ1n) is 13.9. The molecule has 6 aromatic rings. The summed E-state index contributed by atoms with van der Waals surface area (Å²) in [6.45, 7) is 8.36. The zero-order chi connectivity index (χ0) is 27.5. The van der Waals surface area contributed by atoms with Crippen molar-refractivity contribution in [3.05, 3.63) is 115 Å². The van der Waals surface area contributed by atoms with E-state index in [-0.39, 0.29) is 18.3 Å². The summed E-state index contributed by atoms with van der Waals surface area (Å²) in [5.74, 6) is 0. The molecule has 40 heavy (non-hydrogen) atoms. The van der Waals surface area contributed by atoms with Crippen LogP contribution in [0.2, 0.25) is 0 Å². The Morgan fingerprint density at radius 1 is 0.475 bits per heavy atom. The topological polar surface area (TPSA) is 34.2 Å². The lowest BCUT2D eigenvalue weighted by molar-refractivity contribution is 0.00578. The Bertz CT molecular complexity index is 1870. The predicted octanol–water partition coefficient (Wildman–Crippen LogP) is 8.62. The Balaban J connectivity index is 1.20. The van der Waals surface area contributed by atoms with Gasteiger partial charge >= 0.3 is 7.12 Å². The van der Waals surface area contributed by atoms with E-state index < -0.39 is 0 Å². The molecule has 4 heteroatoms. The summed E-state index contributed by atoms with van der Waals surface area (Å²) in [6.07, 6.45) is 0.